The van der Waals surface area contributed by atoms with E-state index in [1.165, 1.54) is 0 Å². The number of methoxy groups -OCH3 is 2. The number of hydrogen-bond donors (Lipinski definition) is 2. The van der Waals surface area contributed by atoms with E-state index < -0.39 is 17.0 Å². The summed E-state index contributed by atoms with van der Waals surface area (Å²) >= 11 is -0.556. The molecule has 0 saturated heterocycles. The van der Waals surface area contributed by atoms with Crippen LogP contribution in [0.4, 0.5) is 11.4 Å². The van der Waals surface area contributed by atoms with Gasteiger partial charge >= 0.3 is 35.6 Å². The number of ether oxygens (including phenoxy) is 4. The first-order valence-electron chi connectivity index (χ1n) is 19.3. The number of benzene rings is 6. The minimum absolute atomic E-state index is 0.0137. The zero-order valence-electron chi connectivity index (χ0n) is 34.7. The maximum atomic E-state index is 10.9. The molecule has 314 valence electrons. The molecule has 0 bridgehead atoms. The number of rotatable bonds is 16. The molecule has 8 nitrogen and oxygen atoms in total. The summed E-state index contributed by atoms with van der Waals surface area (Å²) in [6.07, 6.45) is 6.70. The molecule has 0 aliphatic rings. The van der Waals surface area contributed by atoms with Crippen LogP contribution in [0.2, 0.25) is 0 Å². The Hall–Kier alpha value is -5.77. The zero-order chi connectivity index (χ0) is 44.0. The summed E-state index contributed by atoms with van der Waals surface area (Å²) in [5, 5.41) is 21.8. The molecule has 0 aromatic heterocycles. The molecule has 6 rings (SSSR count). The number of hydrogen-bond acceptors (Lipinski definition) is 8. The SMILES string of the molecule is C=CCOc1ccc(N=Cc2cc(OC)cc(C(C)c3ccccc3)c2O)cc1.C=CCOc1ccc(N=Cc2cc(OC)cc(C(C)c3ccccc3)c2O)cc1.[Cl][Ti][Cl]. The van der Waals surface area contributed by atoms with Gasteiger partial charge in [-0.15, -0.1) is 0 Å². The van der Waals surface area contributed by atoms with Gasteiger partial charge in [-0.1, -0.05) is 99.8 Å². The monoisotopic (exact) mass is 892 g/mol. The predicted molar refractivity (Wildman–Crippen MR) is 248 cm³/mol. The normalized spacial score (nSPS) is 11.6. The summed E-state index contributed by atoms with van der Waals surface area (Å²) in [4.78, 5) is 8.98. The van der Waals surface area contributed by atoms with Gasteiger partial charge in [0.05, 0.1) is 25.6 Å². The standard InChI is InChI=1S/2C25H25NO3.2ClH.Ti/c2*1-4-14-29-22-12-10-21(11-13-22)26-17-20-15-23(28-3)16-24(25(20)27)18(2)19-8-6-5-7-9-19;;;/h2*4-13,15-18,27H,1,14H2,2-3H3;2*1H;/q;;;;+2/p-2. The average molecular weight is 894 g/mol. The number of halogens is 2. The van der Waals surface area contributed by atoms with E-state index in [9.17, 15) is 10.2 Å². The predicted octanol–water partition coefficient (Wildman–Crippen LogP) is 13.1. The Bertz CT molecular complexity index is 2160. The molecule has 0 spiro atoms. The van der Waals surface area contributed by atoms with E-state index in [0.717, 1.165) is 45.1 Å². The molecular weight excluding hydrogens is 843 g/mol. The van der Waals surface area contributed by atoms with E-state index in [1.54, 1.807) is 50.9 Å². The summed E-state index contributed by atoms with van der Waals surface area (Å²) in [6.45, 7) is 12.3. The van der Waals surface area contributed by atoms with Gasteiger partial charge in [0.25, 0.3) is 0 Å². The number of nitrogens with zero attached hydrogens (tertiary/aromatic N) is 2. The van der Waals surface area contributed by atoms with Crippen LogP contribution in [0.25, 0.3) is 0 Å². The Balaban J connectivity index is 0.000000252. The van der Waals surface area contributed by atoms with Crippen LogP contribution < -0.4 is 18.9 Å². The van der Waals surface area contributed by atoms with Crippen LogP contribution in [-0.4, -0.2) is 50.1 Å². The van der Waals surface area contributed by atoms with Gasteiger partial charge in [-0.05, 0) is 83.9 Å². The van der Waals surface area contributed by atoms with E-state index in [2.05, 4.69) is 37.0 Å². The quantitative estimate of drug-likeness (QED) is 0.0570. The van der Waals surface area contributed by atoms with Crippen LogP contribution in [0.5, 0.6) is 34.5 Å². The molecule has 2 atom stereocenters. The van der Waals surface area contributed by atoms with Gasteiger partial charge in [0, 0.05) is 46.5 Å². The third-order valence-corrected chi connectivity index (χ3v) is 9.40. The van der Waals surface area contributed by atoms with Crippen molar-refractivity contribution in [3.63, 3.8) is 0 Å². The van der Waals surface area contributed by atoms with Crippen molar-refractivity contribution in [1.82, 2.24) is 0 Å². The van der Waals surface area contributed by atoms with Gasteiger partial charge in [-0.2, -0.15) is 0 Å². The van der Waals surface area contributed by atoms with Gasteiger partial charge in [0.1, 0.15) is 47.7 Å². The number of phenols is 2. The van der Waals surface area contributed by atoms with Crippen molar-refractivity contribution < 1.29 is 46.2 Å². The fourth-order valence-electron chi connectivity index (χ4n) is 6.09. The van der Waals surface area contributed by atoms with Gasteiger partial charge in [-0.25, -0.2) is 0 Å². The second kappa shape index (κ2) is 25.8. The molecular formula is C50H50Cl2N2O6Ti. The first-order chi connectivity index (χ1) is 29.6. The number of aromatic hydroxyl groups is 2. The van der Waals surface area contributed by atoms with Crippen molar-refractivity contribution >= 4 is 42.4 Å². The second-order valence-electron chi connectivity index (χ2n) is 13.3. The van der Waals surface area contributed by atoms with Crippen molar-refractivity contribution in [2.45, 2.75) is 25.7 Å². The van der Waals surface area contributed by atoms with Crippen molar-refractivity contribution in [2.24, 2.45) is 9.98 Å². The Morgan fingerprint density at radius 1 is 0.557 bits per heavy atom. The van der Waals surface area contributed by atoms with Gasteiger partial charge in [0.15, 0.2) is 0 Å². The van der Waals surface area contributed by atoms with Gasteiger partial charge in [0.2, 0.25) is 0 Å². The van der Waals surface area contributed by atoms with Crippen LogP contribution in [0.3, 0.4) is 0 Å². The Morgan fingerprint density at radius 2 is 0.902 bits per heavy atom. The Kier molecular flexibility index (Phi) is 20.2. The van der Waals surface area contributed by atoms with Crippen molar-refractivity contribution in [3.05, 3.63) is 192 Å². The van der Waals surface area contributed by atoms with E-state index in [-0.39, 0.29) is 23.3 Å². The Labute approximate surface area is 376 Å². The number of phenolic OH excluding ortho intramolecular Hbond substituents is 2. The molecule has 11 heteroatoms. The topological polar surface area (TPSA) is 102 Å². The van der Waals surface area contributed by atoms with Crippen LogP contribution >= 0.6 is 18.6 Å². The van der Waals surface area contributed by atoms with Crippen molar-refractivity contribution in [3.8, 4) is 34.5 Å². The molecule has 0 radical (unpaired) electrons. The van der Waals surface area contributed by atoms with E-state index in [0.29, 0.717) is 35.8 Å². The summed E-state index contributed by atoms with van der Waals surface area (Å²) in [5.41, 5.74) is 6.56. The molecule has 6 aromatic carbocycles. The molecule has 61 heavy (non-hydrogen) atoms. The first-order valence-corrected chi connectivity index (χ1v) is 23.6. The van der Waals surface area contributed by atoms with Crippen LogP contribution in [0, 0.1) is 0 Å². The summed E-state index contributed by atoms with van der Waals surface area (Å²) in [5.74, 6) is 3.30. The molecule has 0 aliphatic heterocycles. The average Bonchev–Trinajstić information content (AvgIpc) is 3.30. The molecule has 0 fully saturated rings. The summed E-state index contributed by atoms with van der Waals surface area (Å²) in [7, 11) is 13.0. The van der Waals surface area contributed by atoms with Crippen LogP contribution in [-0.2, 0) is 17.0 Å². The van der Waals surface area contributed by atoms with Crippen molar-refractivity contribution in [2.75, 3.05) is 27.4 Å². The maximum absolute atomic E-state index is 10.9. The van der Waals surface area contributed by atoms with E-state index in [1.807, 2.05) is 121 Å². The second-order valence-corrected chi connectivity index (χ2v) is 15.9. The summed E-state index contributed by atoms with van der Waals surface area (Å²) < 4.78 is 21.8. The van der Waals surface area contributed by atoms with Gasteiger partial charge < -0.3 is 29.2 Å². The van der Waals surface area contributed by atoms with E-state index >= 15 is 0 Å². The van der Waals surface area contributed by atoms with E-state index in [4.69, 9.17) is 37.6 Å². The first kappa shape index (κ1) is 47.9. The zero-order valence-corrected chi connectivity index (χ0v) is 37.7. The molecule has 2 unspecified atom stereocenters. The third kappa shape index (κ3) is 14.7. The molecule has 6 aromatic rings. The molecule has 0 amide bonds. The molecule has 0 saturated carbocycles. The minimum atomic E-state index is -0.556. The van der Waals surface area contributed by atoms with Gasteiger partial charge in [-0.3, -0.25) is 9.98 Å². The third-order valence-electron chi connectivity index (χ3n) is 9.40. The van der Waals surface area contributed by atoms with Crippen molar-refractivity contribution in [1.29, 1.82) is 0 Å². The van der Waals surface area contributed by atoms with Crippen LogP contribution in [0.15, 0.2) is 169 Å². The molecule has 0 aliphatic carbocycles. The number of aliphatic imine (C=N–C) groups is 2. The Morgan fingerprint density at radius 3 is 1.21 bits per heavy atom. The molecule has 2 N–H and O–H groups in total. The van der Waals surface area contributed by atoms with Crippen LogP contribution in [0.1, 0.15) is 59.1 Å². The fourth-order valence-corrected chi connectivity index (χ4v) is 6.09. The fraction of sp³-hybridized carbons (Fsp3) is 0.160. The summed E-state index contributed by atoms with van der Waals surface area (Å²) in [6, 6.07) is 42.3. The molecule has 0 heterocycles.